The van der Waals surface area contributed by atoms with E-state index in [1.54, 1.807) is 18.2 Å². The van der Waals surface area contributed by atoms with Crippen molar-refractivity contribution in [1.29, 1.82) is 0 Å². The molecule has 2 N–H and O–H groups in total. The first-order valence-electron chi connectivity index (χ1n) is 9.33. The number of anilines is 1. The summed E-state index contributed by atoms with van der Waals surface area (Å²) in [7, 11) is 3.00. The monoisotopic (exact) mass is 414 g/mol. The first kappa shape index (κ1) is 22.7. The molecule has 0 fully saturated rings. The van der Waals surface area contributed by atoms with Gasteiger partial charge in [0.1, 0.15) is 11.5 Å². The molecule has 0 aliphatic heterocycles. The number of hydrogen-bond acceptors (Lipinski definition) is 6. The third-order valence-corrected chi connectivity index (χ3v) is 4.28. The highest BCUT2D eigenvalue weighted by molar-refractivity contribution is 5.94. The van der Waals surface area contributed by atoms with Gasteiger partial charge in [0.15, 0.2) is 6.61 Å². The Kier molecular flexibility index (Phi) is 8.22. The van der Waals surface area contributed by atoms with Crippen LogP contribution >= 0.6 is 0 Å². The van der Waals surface area contributed by atoms with Gasteiger partial charge in [0.2, 0.25) is 5.91 Å². The second kappa shape index (κ2) is 10.8. The molecule has 0 aliphatic carbocycles. The Morgan fingerprint density at radius 1 is 1.00 bits per heavy atom. The number of nitrogens with one attached hydrogen (secondary N) is 2. The molecule has 2 aromatic carbocycles. The van der Waals surface area contributed by atoms with Crippen LogP contribution in [-0.2, 0) is 19.1 Å². The van der Waals surface area contributed by atoms with Crippen molar-refractivity contribution < 1.29 is 28.6 Å². The van der Waals surface area contributed by atoms with Gasteiger partial charge in [-0.25, -0.2) is 0 Å². The summed E-state index contributed by atoms with van der Waals surface area (Å²) in [5, 5.41) is 5.36. The SMILES string of the molecule is COc1ccc(NC(=O)COC(=O)CC(NC(C)=O)c2ccc(C)cc2)c(OC)c1. The van der Waals surface area contributed by atoms with E-state index < -0.39 is 24.5 Å². The fraction of sp³-hybridized carbons (Fsp3) is 0.318. The molecule has 2 aromatic rings. The average Bonchev–Trinajstić information content (AvgIpc) is 2.72. The second-order valence-corrected chi connectivity index (χ2v) is 6.64. The van der Waals surface area contributed by atoms with Crippen LogP contribution in [0.1, 0.15) is 30.5 Å². The molecular formula is C22H26N2O6. The molecule has 0 aliphatic rings. The molecule has 0 saturated carbocycles. The molecule has 1 atom stereocenters. The highest BCUT2D eigenvalue weighted by atomic mass is 16.5. The van der Waals surface area contributed by atoms with E-state index in [-0.39, 0.29) is 12.3 Å². The van der Waals surface area contributed by atoms with Gasteiger partial charge in [-0.1, -0.05) is 29.8 Å². The number of ether oxygens (including phenoxy) is 3. The van der Waals surface area contributed by atoms with E-state index in [2.05, 4.69) is 10.6 Å². The van der Waals surface area contributed by atoms with Crippen molar-refractivity contribution >= 4 is 23.5 Å². The normalized spacial score (nSPS) is 11.2. The lowest BCUT2D eigenvalue weighted by atomic mass is 10.0. The Bertz CT molecular complexity index is 895. The summed E-state index contributed by atoms with van der Waals surface area (Å²) in [6, 6.07) is 11.8. The van der Waals surface area contributed by atoms with E-state index in [0.717, 1.165) is 11.1 Å². The molecule has 0 bridgehead atoms. The molecular weight excluding hydrogens is 388 g/mol. The van der Waals surface area contributed by atoms with Crippen molar-refractivity contribution in [3.63, 3.8) is 0 Å². The van der Waals surface area contributed by atoms with Gasteiger partial charge in [0.25, 0.3) is 5.91 Å². The minimum absolute atomic E-state index is 0.0955. The van der Waals surface area contributed by atoms with E-state index in [9.17, 15) is 14.4 Å². The van der Waals surface area contributed by atoms with Crippen molar-refractivity contribution in [3.05, 3.63) is 53.6 Å². The zero-order valence-electron chi connectivity index (χ0n) is 17.5. The molecule has 160 valence electrons. The Morgan fingerprint density at radius 3 is 2.30 bits per heavy atom. The Morgan fingerprint density at radius 2 is 1.70 bits per heavy atom. The fourth-order valence-corrected chi connectivity index (χ4v) is 2.76. The number of benzene rings is 2. The summed E-state index contributed by atoms with van der Waals surface area (Å²) in [5.74, 6) is -0.391. The van der Waals surface area contributed by atoms with Gasteiger partial charge >= 0.3 is 5.97 Å². The van der Waals surface area contributed by atoms with E-state index in [0.29, 0.717) is 17.2 Å². The van der Waals surface area contributed by atoms with Gasteiger partial charge in [-0.15, -0.1) is 0 Å². The van der Waals surface area contributed by atoms with Crippen molar-refractivity contribution in [2.45, 2.75) is 26.3 Å². The summed E-state index contributed by atoms with van der Waals surface area (Å²) in [4.78, 5) is 35.9. The van der Waals surface area contributed by atoms with Gasteiger partial charge in [-0.3, -0.25) is 14.4 Å². The highest BCUT2D eigenvalue weighted by Crippen LogP contribution is 2.29. The molecule has 0 aromatic heterocycles. The first-order valence-corrected chi connectivity index (χ1v) is 9.33. The number of methoxy groups -OCH3 is 2. The zero-order chi connectivity index (χ0) is 22.1. The van der Waals surface area contributed by atoms with Gasteiger partial charge in [0.05, 0.1) is 32.4 Å². The quantitative estimate of drug-likeness (QED) is 0.612. The maximum absolute atomic E-state index is 12.2. The molecule has 0 radical (unpaired) electrons. The first-order chi connectivity index (χ1) is 14.3. The topological polar surface area (TPSA) is 103 Å². The van der Waals surface area contributed by atoms with Gasteiger partial charge < -0.3 is 24.8 Å². The molecule has 0 heterocycles. The number of carbonyl (C=O) groups is 3. The van der Waals surface area contributed by atoms with Crippen molar-refractivity contribution in [3.8, 4) is 11.5 Å². The Hall–Kier alpha value is -3.55. The van der Waals surface area contributed by atoms with Crippen molar-refractivity contribution in [1.82, 2.24) is 5.32 Å². The van der Waals surface area contributed by atoms with Crippen LogP contribution in [0.3, 0.4) is 0 Å². The lowest BCUT2D eigenvalue weighted by Gasteiger charge is -2.18. The summed E-state index contributed by atoms with van der Waals surface area (Å²) >= 11 is 0. The molecule has 8 nitrogen and oxygen atoms in total. The lowest BCUT2D eigenvalue weighted by Crippen LogP contribution is -2.29. The molecule has 0 saturated heterocycles. The fourth-order valence-electron chi connectivity index (χ4n) is 2.76. The van der Waals surface area contributed by atoms with Crippen LogP contribution < -0.4 is 20.1 Å². The van der Waals surface area contributed by atoms with Gasteiger partial charge in [0, 0.05) is 13.0 Å². The number of esters is 1. The van der Waals surface area contributed by atoms with Crippen LogP contribution in [0.25, 0.3) is 0 Å². The Balaban J connectivity index is 1.94. The van der Waals surface area contributed by atoms with Crippen LogP contribution in [-0.4, -0.2) is 38.6 Å². The Labute approximate surface area is 175 Å². The number of hydrogen-bond donors (Lipinski definition) is 2. The summed E-state index contributed by atoms with van der Waals surface area (Å²) in [6.07, 6.45) is -0.0955. The molecule has 1 unspecified atom stereocenters. The summed E-state index contributed by atoms with van der Waals surface area (Å²) in [6.45, 7) is 2.86. The van der Waals surface area contributed by atoms with Crippen LogP contribution in [0, 0.1) is 6.92 Å². The highest BCUT2D eigenvalue weighted by Gasteiger charge is 2.19. The van der Waals surface area contributed by atoms with E-state index >= 15 is 0 Å². The number of amides is 2. The predicted molar refractivity (Wildman–Crippen MR) is 111 cm³/mol. The summed E-state index contributed by atoms with van der Waals surface area (Å²) < 4.78 is 15.4. The van der Waals surface area contributed by atoms with E-state index in [1.165, 1.54) is 21.1 Å². The predicted octanol–water partition coefficient (Wildman–Crippen LogP) is 2.76. The molecule has 2 amide bonds. The maximum atomic E-state index is 12.2. The number of carbonyl (C=O) groups excluding carboxylic acids is 3. The van der Waals surface area contributed by atoms with Crippen LogP contribution in [0.5, 0.6) is 11.5 Å². The third kappa shape index (κ3) is 6.80. The van der Waals surface area contributed by atoms with Crippen LogP contribution in [0.2, 0.25) is 0 Å². The minimum atomic E-state index is -0.605. The van der Waals surface area contributed by atoms with Crippen LogP contribution in [0.15, 0.2) is 42.5 Å². The number of aryl methyl sites for hydroxylation is 1. The van der Waals surface area contributed by atoms with Crippen molar-refractivity contribution in [2.24, 2.45) is 0 Å². The summed E-state index contributed by atoms with van der Waals surface area (Å²) in [5.41, 5.74) is 2.27. The molecule has 30 heavy (non-hydrogen) atoms. The minimum Gasteiger partial charge on any atom is -0.497 e. The van der Waals surface area contributed by atoms with E-state index in [1.807, 2.05) is 31.2 Å². The lowest BCUT2D eigenvalue weighted by molar-refractivity contribution is -0.148. The molecule has 2 rings (SSSR count). The molecule has 8 heteroatoms. The number of rotatable bonds is 9. The third-order valence-electron chi connectivity index (χ3n) is 4.28. The van der Waals surface area contributed by atoms with Gasteiger partial charge in [-0.05, 0) is 24.6 Å². The molecule has 0 spiro atoms. The maximum Gasteiger partial charge on any atom is 0.308 e. The second-order valence-electron chi connectivity index (χ2n) is 6.64. The van der Waals surface area contributed by atoms with Crippen molar-refractivity contribution in [2.75, 3.05) is 26.1 Å². The standard InChI is InChI=1S/C22H26N2O6/c1-14-5-7-16(8-6-14)19(23-15(2)25)12-22(27)30-13-21(26)24-18-10-9-17(28-3)11-20(18)29-4/h5-11,19H,12-13H2,1-4H3,(H,23,25)(H,24,26). The van der Waals surface area contributed by atoms with E-state index in [4.69, 9.17) is 14.2 Å². The van der Waals surface area contributed by atoms with Crippen LogP contribution in [0.4, 0.5) is 5.69 Å². The average molecular weight is 414 g/mol. The smallest absolute Gasteiger partial charge is 0.308 e. The zero-order valence-corrected chi connectivity index (χ0v) is 17.5. The largest absolute Gasteiger partial charge is 0.497 e. The van der Waals surface area contributed by atoms with Gasteiger partial charge in [-0.2, -0.15) is 0 Å².